The zero-order valence-corrected chi connectivity index (χ0v) is 18.2. The molecule has 0 aliphatic carbocycles. The van der Waals surface area contributed by atoms with E-state index in [1.165, 1.54) is 37.4 Å². The number of esters is 1. The lowest BCUT2D eigenvalue weighted by atomic mass is 10.0. The van der Waals surface area contributed by atoms with Crippen molar-refractivity contribution < 1.29 is 23.1 Å². The van der Waals surface area contributed by atoms with Crippen LogP contribution < -0.4 is 5.32 Å². The van der Waals surface area contributed by atoms with E-state index in [9.17, 15) is 18.3 Å². The molecular formula is C24H25NO5S. The fourth-order valence-electron chi connectivity index (χ4n) is 3.24. The molecule has 6 nitrogen and oxygen atoms in total. The number of ether oxygens (including phenoxy) is 1. The van der Waals surface area contributed by atoms with Crippen LogP contribution in [0.3, 0.4) is 0 Å². The number of benzene rings is 3. The molecule has 31 heavy (non-hydrogen) atoms. The van der Waals surface area contributed by atoms with Crippen molar-refractivity contribution >= 4 is 15.8 Å². The fraction of sp³-hybridized carbons (Fsp3) is 0.208. The Morgan fingerprint density at radius 3 is 2.35 bits per heavy atom. The van der Waals surface area contributed by atoms with Gasteiger partial charge in [0.05, 0.1) is 16.9 Å². The number of nitrogens with one attached hydrogen (secondary N) is 1. The van der Waals surface area contributed by atoms with Crippen LogP contribution in [0.15, 0.2) is 82.6 Å². The number of carbonyl (C=O) groups is 1. The average molecular weight is 440 g/mol. The van der Waals surface area contributed by atoms with Gasteiger partial charge in [-0.25, -0.2) is 8.42 Å². The van der Waals surface area contributed by atoms with Gasteiger partial charge in [0.25, 0.3) is 0 Å². The Morgan fingerprint density at radius 2 is 1.71 bits per heavy atom. The van der Waals surface area contributed by atoms with Crippen molar-refractivity contribution in [3.63, 3.8) is 0 Å². The lowest BCUT2D eigenvalue weighted by molar-refractivity contribution is -0.143. The van der Waals surface area contributed by atoms with Crippen molar-refractivity contribution in [2.24, 2.45) is 0 Å². The maximum atomic E-state index is 13.3. The molecular weight excluding hydrogens is 414 g/mol. The molecule has 0 radical (unpaired) electrons. The van der Waals surface area contributed by atoms with Crippen LogP contribution in [0.25, 0.3) is 0 Å². The molecule has 3 aromatic rings. The highest BCUT2D eigenvalue weighted by Crippen LogP contribution is 2.28. The first-order valence-electron chi connectivity index (χ1n) is 9.80. The minimum absolute atomic E-state index is 0.0354. The monoisotopic (exact) mass is 439 g/mol. The number of methoxy groups -OCH3 is 1. The van der Waals surface area contributed by atoms with Gasteiger partial charge < -0.3 is 15.2 Å². The second kappa shape index (κ2) is 9.76. The second-order valence-electron chi connectivity index (χ2n) is 7.25. The normalized spacial score (nSPS) is 12.3. The Kier molecular flexibility index (Phi) is 7.09. The molecule has 3 aromatic carbocycles. The molecule has 0 aliphatic heterocycles. The van der Waals surface area contributed by atoms with Crippen molar-refractivity contribution in [3.8, 4) is 5.75 Å². The third kappa shape index (κ3) is 5.51. The number of phenols is 1. The molecule has 0 saturated carbocycles. The summed E-state index contributed by atoms with van der Waals surface area (Å²) < 4.78 is 31.5. The molecule has 162 valence electrons. The molecule has 0 saturated heterocycles. The molecule has 2 N–H and O–H groups in total. The fourth-order valence-corrected chi connectivity index (χ4v) is 4.77. The number of rotatable bonds is 8. The Morgan fingerprint density at radius 1 is 1.03 bits per heavy atom. The van der Waals surface area contributed by atoms with Gasteiger partial charge in [-0.3, -0.25) is 4.79 Å². The van der Waals surface area contributed by atoms with Crippen LogP contribution in [0, 0.1) is 6.92 Å². The van der Waals surface area contributed by atoms with E-state index >= 15 is 0 Å². The maximum absolute atomic E-state index is 13.3. The van der Waals surface area contributed by atoms with E-state index in [0.717, 1.165) is 11.1 Å². The number of hydrogen-bond acceptors (Lipinski definition) is 6. The number of hydrogen-bond donors (Lipinski definition) is 2. The summed E-state index contributed by atoms with van der Waals surface area (Å²) in [5.74, 6) is -0.663. The molecule has 3 rings (SSSR count). The highest BCUT2D eigenvalue weighted by Gasteiger charge is 2.26. The largest absolute Gasteiger partial charge is 0.508 e. The van der Waals surface area contributed by atoms with Crippen LogP contribution in [0.2, 0.25) is 0 Å². The van der Waals surface area contributed by atoms with Crippen LogP contribution in [-0.4, -0.2) is 32.6 Å². The van der Waals surface area contributed by atoms with Crippen LogP contribution in [0.4, 0.5) is 0 Å². The first-order chi connectivity index (χ1) is 14.8. The van der Waals surface area contributed by atoms with E-state index in [-0.39, 0.29) is 22.0 Å². The third-order valence-corrected chi connectivity index (χ3v) is 6.83. The number of phenolic OH excluding ortho intramolecular Hbond substituents is 1. The van der Waals surface area contributed by atoms with E-state index < -0.39 is 21.8 Å². The van der Waals surface area contributed by atoms with Crippen LogP contribution in [-0.2, 0) is 32.3 Å². The summed E-state index contributed by atoms with van der Waals surface area (Å²) in [5, 5.41) is 13.1. The SMILES string of the molecule is COC(=O)[C@H](Cc1ccc(O)cc1S(=O)(=O)c1ccc(C)cc1)NCc1ccccc1. The summed E-state index contributed by atoms with van der Waals surface area (Å²) in [6.07, 6.45) is 0.0835. The first kappa shape index (κ1) is 22.5. The van der Waals surface area contributed by atoms with Gasteiger partial charge in [0.2, 0.25) is 9.84 Å². The minimum atomic E-state index is -3.89. The standard InChI is InChI=1S/C24H25NO5S/c1-17-8-12-21(13-9-17)31(28,29)23-15-20(26)11-10-19(23)14-22(24(27)30-2)25-16-18-6-4-3-5-7-18/h3-13,15,22,25-26H,14,16H2,1-2H3/t22-/m0/s1. The van der Waals surface area contributed by atoms with E-state index in [2.05, 4.69) is 5.32 Å². The predicted molar refractivity (Wildman–Crippen MR) is 118 cm³/mol. The molecule has 0 aliphatic rings. The van der Waals surface area contributed by atoms with E-state index in [4.69, 9.17) is 4.74 Å². The zero-order chi connectivity index (χ0) is 22.4. The van der Waals surface area contributed by atoms with Crippen molar-refractivity contribution in [3.05, 3.63) is 89.5 Å². The Labute approximate surface area is 182 Å². The first-order valence-corrected chi connectivity index (χ1v) is 11.3. The molecule has 0 fully saturated rings. The van der Waals surface area contributed by atoms with Crippen molar-refractivity contribution in [1.29, 1.82) is 0 Å². The average Bonchev–Trinajstić information content (AvgIpc) is 2.78. The van der Waals surface area contributed by atoms with Crippen molar-refractivity contribution in [2.45, 2.75) is 35.7 Å². The van der Waals surface area contributed by atoms with Gasteiger partial charge in [0.15, 0.2) is 0 Å². The third-order valence-electron chi connectivity index (χ3n) is 4.98. The smallest absolute Gasteiger partial charge is 0.323 e. The molecule has 0 unspecified atom stereocenters. The molecule has 1 atom stereocenters. The molecule has 7 heteroatoms. The highest BCUT2D eigenvalue weighted by atomic mass is 32.2. The van der Waals surface area contributed by atoms with Crippen molar-refractivity contribution in [1.82, 2.24) is 5.32 Å². The summed E-state index contributed by atoms with van der Waals surface area (Å²) in [5.41, 5.74) is 2.33. The van der Waals surface area contributed by atoms with Crippen LogP contribution >= 0.6 is 0 Å². The lowest BCUT2D eigenvalue weighted by Gasteiger charge is -2.19. The number of aryl methyl sites for hydroxylation is 1. The summed E-state index contributed by atoms with van der Waals surface area (Å²) in [7, 11) is -2.60. The number of sulfone groups is 1. The van der Waals surface area contributed by atoms with Crippen molar-refractivity contribution in [2.75, 3.05) is 7.11 Å². The van der Waals surface area contributed by atoms with Crippen LogP contribution in [0.1, 0.15) is 16.7 Å². The minimum Gasteiger partial charge on any atom is -0.508 e. The number of aromatic hydroxyl groups is 1. The molecule has 0 bridgehead atoms. The predicted octanol–water partition coefficient (Wildman–Crippen LogP) is 3.41. The number of carbonyl (C=O) groups excluding carboxylic acids is 1. The molecule has 0 heterocycles. The van der Waals surface area contributed by atoms with Gasteiger partial charge in [-0.2, -0.15) is 0 Å². The summed E-state index contributed by atoms with van der Waals surface area (Å²) in [4.78, 5) is 12.5. The molecule has 0 amide bonds. The Hall–Kier alpha value is -3.16. The van der Waals surface area contributed by atoms with Gasteiger partial charge in [-0.1, -0.05) is 54.1 Å². The quantitative estimate of drug-likeness (QED) is 0.523. The Balaban J connectivity index is 1.93. The maximum Gasteiger partial charge on any atom is 0.323 e. The zero-order valence-electron chi connectivity index (χ0n) is 17.4. The Bertz CT molecular complexity index is 1140. The molecule has 0 aromatic heterocycles. The van der Waals surface area contributed by atoms with Gasteiger partial charge in [0.1, 0.15) is 11.8 Å². The summed E-state index contributed by atoms with van der Waals surface area (Å²) in [6, 6.07) is 19.4. The molecule has 0 spiro atoms. The highest BCUT2D eigenvalue weighted by molar-refractivity contribution is 7.91. The van der Waals surface area contributed by atoms with Gasteiger partial charge >= 0.3 is 5.97 Å². The van der Waals surface area contributed by atoms with E-state index in [0.29, 0.717) is 12.1 Å². The van der Waals surface area contributed by atoms with Gasteiger partial charge in [-0.05, 0) is 48.7 Å². The van der Waals surface area contributed by atoms with Gasteiger partial charge in [0, 0.05) is 6.54 Å². The van der Waals surface area contributed by atoms with E-state index in [1.807, 2.05) is 37.3 Å². The lowest BCUT2D eigenvalue weighted by Crippen LogP contribution is -2.39. The van der Waals surface area contributed by atoms with E-state index in [1.54, 1.807) is 12.1 Å². The van der Waals surface area contributed by atoms with Crippen LogP contribution in [0.5, 0.6) is 5.75 Å². The van der Waals surface area contributed by atoms with Gasteiger partial charge in [-0.15, -0.1) is 0 Å². The summed E-state index contributed by atoms with van der Waals surface area (Å²) in [6.45, 7) is 2.29. The summed E-state index contributed by atoms with van der Waals surface area (Å²) >= 11 is 0. The topological polar surface area (TPSA) is 92.7 Å². The second-order valence-corrected chi connectivity index (χ2v) is 9.17.